The van der Waals surface area contributed by atoms with Crippen molar-refractivity contribution in [1.29, 1.82) is 0 Å². The zero-order valence-electron chi connectivity index (χ0n) is 16.7. The second-order valence-electron chi connectivity index (χ2n) is 7.41. The average molecular weight is 386 g/mol. The number of piperidine rings is 1. The fourth-order valence-electron chi connectivity index (χ4n) is 3.90. The summed E-state index contributed by atoms with van der Waals surface area (Å²) in [4.78, 5) is 14.5. The summed E-state index contributed by atoms with van der Waals surface area (Å²) in [5.74, 6) is 1.24. The van der Waals surface area contributed by atoms with Gasteiger partial charge in [-0.2, -0.15) is 0 Å². The number of rotatable bonds is 4. The van der Waals surface area contributed by atoms with Gasteiger partial charge >= 0.3 is 6.03 Å². The number of methoxy groups -OCH3 is 1. The Morgan fingerprint density at radius 3 is 2.28 bits per heavy atom. The van der Waals surface area contributed by atoms with Gasteiger partial charge in [0.05, 0.1) is 7.11 Å². The smallest absolute Gasteiger partial charge is 0.321 e. The Bertz CT molecular complexity index is 946. The Hall–Kier alpha value is -3.27. The summed E-state index contributed by atoms with van der Waals surface area (Å²) in [6, 6.07) is 26.7. The SMILES string of the molecule is COc1cccc(NC(=O)N2CCC(c3ccc(-c4ccccc4)cc3)CC2)c1. The Morgan fingerprint density at radius 1 is 0.897 bits per heavy atom. The molecule has 0 bridgehead atoms. The van der Waals surface area contributed by atoms with E-state index in [9.17, 15) is 4.79 Å². The van der Waals surface area contributed by atoms with Gasteiger partial charge in [0.2, 0.25) is 0 Å². The first kappa shape index (κ1) is 19.1. The molecule has 0 unspecified atom stereocenters. The molecular formula is C25H26N2O2. The summed E-state index contributed by atoms with van der Waals surface area (Å²) >= 11 is 0. The van der Waals surface area contributed by atoms with Crippen LogP contribution < -0.4 is 10.1 Å². The molecule has 0 radical (unpaired) electrons. The third kappa shape index (κ3) is 4.60. The van der Waals surface area contributed by atoms with Gasteiger partial charge in [-0.15, -0.1) is 0 Å². The first-order valence-corrected chi connectivity index (χ1v) is 10.1. The molecule has 29 heavy (non-hydrogen) atoms. The van der Waals surface area contributed by atoms with Gasteiger partial charge in [0.1, 0.15) is 5.75 Å². The average Bonchev–Trinajstić information content (AvgIpc) is 2.80. The molecule has 4 heteroatoms. The Balaban J connectivity index is 1.33. The number of hydrogen-bond donors (Lipinski definition) is 1. The maximum Gasteiger partial charge on any atom is 0.321 e. The van der Waals surface area contributed by atoms with Gasteiger partial charge in [-0.3, -0.25) is 0 Å². The Morgan fingerprint density at radius 2 is 1.59 bits per heavy atom. The van der Waals surface area contributed by atoms with Crippen LogP contribution in [0.1, 0.15) is 24.3 Å². The van der Waals surface area contributed by atoms with Crippen LogP contribution in [0.3, 0.4) is 0 Å². The molecule has 1 N–H and O–H groups in total. The van der Waals surface area contributed by atoms with E-state index in [1.165, 1.54) is 16.7 Å². The molecule has 1 saturated heterocycles. The van der Waals surface area contributed by atoms with Crippen LogP contribution in [-0.4, -0.2) is 31.1 Å². The van der Waals surface area contributed by atoms with Crippen LogP contribution in [0.5, 0.6) is 5.75 Å². The quantitative estimate of drug-likeness (QED) is 0.618. The third-order valence-electron chi connectivity index (χ3n) is 5.59. The zero-order valence-corrected chi connectivity index (χ0v) is 16.7. The molecule has 3 aromatic rings. The van der Waals surface area contributed by atoms with Gasteiger partial charge in [0.15, 0.2) is 0 Å². The first-order valence-electron chi connectivity index (χ1n) is 10.1. The van der Waals surface area contributed by atoms with Crippen molar-refractivity contribution < 1.29 is 9.53 Å². The zero-order chi connectivity index (χ0) is 20.1. The van der Waals surface area contributed by atoms with E-state index in [0.717, 1.165) is 37.4 Å². The molecule has 4 rings (SSSR count). The number of carbonyl (C=O) groups is 1. The monoisotopic (exact) mass is 386 g/mol. The van der Waals surface area contributed by atoms with Crippen LogP contribution in [0.4, 0.5) is 10.5 Å². The van der Waals surface area contributed by atoms with E-state index in [0.29, 0.717) is 5.92 Å². The lowest BCUT2D eigenvalue weighted by Gasteiger charge is -2.32. The van der Waals surface area contributed by atoms with Crippen LogP contribution in [0.15, 0.2) is 78.9 Å². The molecule has 0 aliphatic carbocycles. The van der Waals surface area contributed by atoms with E-state index in [2.05, 4.69) is 53.8 Å². The minimum Gasteiger partial charge on any atom is -0.497 e. The first-order chi connectivity index (χ1) is 14.2. The van der Waals surface area contributed by atoms with Crippen molar-refractivity contribution in [3.63, 3.8) is 0 Å². The number of carbonyl (C=O) groups excluding carboxylic acids is 1. The number of urea groups is 1. The molecular weight excluding hydrogens is 360 g/mol. The molecule has 3 aromatic carbocycles. The van der Waals surface area contributed by atoms with Gasteiger partial charge in [-0.25, -0.2) is 4.79 Å². The maximum absolute atomic E-state index is 12.6. The van der Waals surface area contributed by atoms with Crippen LogP contribution in [0.25, 0.3) is 11.1 Å². The van der Waals surface area contributed by atoms with E-state index in [1.807, 2.05) is 35.2 Å². The molecule has 2 amide bonds. The minimum absolute atomic E-state index is 0.0453. The molecule has 1 heterocycles. The highest BCUT2D eigenvalue weighted by Crippen LogP contribution is 2.30. The maximum atomic E-state index is 12.6. The van der Waals surface area contributed by atoms with E-state index < -0.39 is 0 Å². The predicted molar refractivity (Wildman–Crippen MR) is 117 cm³/mol. The number of benzene rings is 3. The molecule has 0 atom stereocenters. The van der Waals surface area contributed by atoms with Crippen LogP contribution in [0, 0.1) is 0 Å². The van der Waals surface area contributed by atoms with Gasteiger partial charge in [0, 0.05) is 24.8 Å². The molecule has 1 aliphatic rings. The number of anilines is 1. The van der Waals surface area contributed by atoms with Crippen molar-refractivity contribution in [1.82, 2.24) is 4.90 Å². The van der Waals surface area contributed by atoms with Crippen molar-refractivity contribution in [2.24, 2.45) is 0 Å². The standard InChI is InChI=1S/C25H26N2O2/c1-29-24-9-5-8-23(18-24)26-25(28)27-16-14-22(15-17-27)21-12-10-20(11-13-21)19-6-3-2-4-7-19/h2-13,18,22H,14-17H2,1H3,(H,26,28). The van der Waals surface area contributed by atoms with Gasteiger partial charge in [0.25, 0.3) is 0 Å². The Kier molecular flexibility index (Phi) is 5.80. The summed E-state index contributed by atoms with van der Waals surface area (Å²) in [5, 5.41) is 2.97. The lowest BCUT2D eigenvalue weighted by molar-refractivity contribution is 0.194. The van der Waals surface area contributed by atoms with E-state index in [-0.39, 0.29) is 6.03 Å². The van der Waals surface area contributed by atoms with Crippen molar-refractivity contribution >= 4 is 11.7 Å². The van der Waals surface area contributed by atoms with E-state index in [1.54, 1.807) is 7.11 Å². The second kappa shape index (κ2) is 8.82. The summed E-state index contributed by atoms with van der Waals surface area (Å²) in [6.45, 7) is 1.53. The van der Waals surface area contributed by atoms with Crippen LogP contribution in [-0.2, 0) is 0 Å². The Labute approximate surface area is 172 Å². The van der Waals surface area contributed by atoms with Crippen molar-refractivity contribution in [3.05, 3.63) is 84.4 Å². The lowest BCUT2D eigenvalue weighted by atomic mass is 9.88. The number of amides is 2. The molecule has 1 fully saturated rings. The predicted octanol–water partition coefficient (Wildman–Crippen LogP) is 5.77. The van der Waals surface area contributed by atoms with Crippen molar-refractivity contribution in [2.75, 3.05) is 25.5 Å². The van der Waals surface area contributed by atoms with Crippen molar-refractivity contribution in [2.45, 2.75) is 18.8 Å². The summed E-state index contributed by atoms with van der Waals surface area (Å²) in [5.41, 5.74) is 4.60. The number of hydrogen-bond acceptors (Lipinski definition) is 2. The fourth-order valence-corrected chi connectivity index (χ4v) is 3.90. The molecule has 0 spiro atoms. The van der Waals surface area contributed by atoms with Gasteiger partial charge in [-0.1, -0.05) is 60.7 Å². The van der Waals surface area contributed by atoms with Crippen LogP contribution >= 0.6 is 0 Å². The van der Waals surface area contributed by atoms with Gasteiger partial charge in [-0.05, 0) is 47.6 Å². The van der Waals surface area contributed by atoms with Gasteiger partial charge < -0.3 is 15.0 Å². The topological polar surface area (TPSA) is 41.6 Å². The number of nitrogens with zero attached hydrogens (tertiary/aromatic N) is 1. The summed E-state index contributed by atoms with van der Waals surface area (Å²) in [7, 11) is 1.62. The number of likely N-dealkylation sites (tertiary alicyclic amines) is 1. The lowest BCUT2D eigenvalue weighted by Crippen LogP contribution is -2.40. The molecule has 0 aromatic heterocycles. The third-order valence-corrected chi connectivity index (χ3v) is 5.59. The summed E-state index contributed by atoms with van der Waals surface area (Å²) < 4.78 is 5.22. The molecule has 0 saturated carbocycles. The van der Waals surface area contributed by atoms with E-state index >= 15 is 0 Å². The molecule has 148 valence electrons. The largest absolute Gasteiger partial charge is 0.497 e. The van der Waals surface area contributed by atoms with Crippen molar-refractivity contribution in [3.8, 4) is 16.9 Å². The number of ether oxygens (including phenoxy) is 1. The second-order valence-corrected chi connectivity index (χ2v) is 7.41. The molecule has 4 nitrogen and oxygen atoms in total. The number of nitrogens with one attached hydrogen (secondary N) is 1. The summed E-state index contributed by atoms with van der Waals surface area (Å²) in [6.07, 6.45) is 1.96. The van der Waals surface area contributed by atoms with E-state index in [4.69, 9.17) is 4.74 Å². The normalized spacial score (nSPS) is 14.4. The minimum atomic E-state index is -0.0453. The highest BCUT2D eigenvalue weighted by molar-refractivity contribution is 5.89. The highest BCUT2D eigenvalue weighted by atomic mass is 16.5. The fraction of sp³-hybridized carbons (Fsp3) is 0.240. The molecule has 1 aliphatic heterocycles. The van der Waals surface area contributed by atoms with Crippen LogP contribution in [0.2, 0.25) is 0 Å². The highest BCUT2D eigenvalue weighted by Gasteiger charge is 2.24.